The number of allylic oxidation sites excluding steroid dienone is 1. The molecule has 1 saturated heterocycles. The molecule has 2 rings (SSSR count). The highest BCUT2D eigenvalue weighted by Crippen LogP contribution is 2.26. The molecule has 0 amide bonds. The Kier molecular flexibility index (Phi) is 5.74. The molecule has 2 bridgehead atoms. The normalized spacial score (nSPS) is 25.1. The number of aliphatic carboxylic acids is 1. The van der Waals surface area contributed by atoms with Crippen LogP contribution in [0.2, 0.25) is 0 Å². The Morgan fingerprint density at radius 1 is 1.35 bits per heavy atom. The minimum atomic E-state index is -5.08. The van der Waals surface area contributed by atoms with Crippen molar-refractivity contribution in [2.75, 3.05) is 0 Å². The van der Waals surface area contributed by atoms with Gasteiger partial charge in [-0.05, 0) is 25.7 Å². The molecule has 2 aliphatic rings. The molecule has 2 aliphatic heterocycles. The quantitative estimate of drug-likeness (QED) is 0.820. The predicted molar refractivity (Wildman–Crippen MR) is 66.3 cm³/mol. The van der Waals surface area contributed by atoms with Crippen LogP contribution < -0.4 is 5.32 Å². The number of carboxylic acids is 1. The highest BCUT2D eigenvalue weighted by atomic mass is 19.4. The molecule has 0 radical (unpaired) electrons. The third kappa shape index (κ3) is 4.63. The molecule has 0 aromatic rings. The molecule has 2 unspecified atom stereocenters. The Morgan fingerprint density at radius 3 is 2.45 bits per heavy atom. The summed E-state index contributed by atoms with van der Waals surface area (Å²) < 4.78 is 31.7. The second-order valence-electron chi connectivity index (χ2n) is 4.81. The minimum Gasteiger partial charge on any atom is -0.475 e. The number of carboxylic acid groups (broad SMARTS) is 1. The number of fused-ring (bicyclic) bond motifs is 2. The first kappa shape index (κ1) is 16.7. The number of Topliss-reactive ketones (excluding diaryl/α,β-unsaturated/α-hetero) is 1. The SMILES string of the molecule is CCC(=O)C1=CCCC2CCC1N2.O=C(O)C(F)(F)F. The smallest absolute Gasteiger partial charge is 0.475 e. The van der Waals surface area contributed by atoms with Crippen molar-refractivity contribution in [1.82, 2.24) is 5.32 Å². The van der Waals surface area contributed by atoms with Gasteiger partial charge in [-0.3, -0.25) is 4.79 Å². The van der Waals surface area contributed by atoms with Gasteiger partial charge < -0.3 is 10.4 Å². The van der Waals surface area contributed by atoms with Crippen LogP contribution in [0.3, 0.4) is 0 Å². The minimum absolute atomic E-state index is 0.333. The van der Waals surface area contributed by atoms with E-state index >= 15 is 0 Å². The molecule has 7 heteroatoms. The molecule has 0 saturated carbocycles. The van der Waals surface area contributed by atoms with Crippen LogP contribution >= 0.6 is 0 Å². The summed E-state index contributed by atoms with van der Waals surface area (Å²) in [5.74, 6) is -2.42. The van der Waals surface area contributed by atoms with Crippen LogP contribution in [0.25, 0.3) is 0 Å². The standard InChI is InChI=1S/C11H17NO.C2HF3O2/c1-2-11(13)9-5-3-4-8-6-7-10(9)12-8;3-2(4,5)1(6)7/h5,8,10,12H,2-4,6-7H2,1H3;(H,6,7). The van der Waals surface area contributed by atoms with Gasteiger partial charge in [0, 0.05) is 24.1 Å². The zero-order valence-corrected chi connectivity index (χ0v) is 11.2. The average Bonchev–Trinajstić information content (AvgIpc) is 2.69. The Balaban J connectivity index is 0.000000246. The first-order valence-corrected chi connectivity index (χ1v) is 6.55. The molecule has 0 aromatic heterocycles. The van der Waals surface area contributed by atoms with Gasteiger partial charge in [-0.25, -0.2) is 4.79 Å². The second kappa shape index (κ2) is 6.88. The van der Waals surface area contributed by atoms with Crippen molar-refractivity contribution in [1.29, 1.82) is 0 Å². The lowest BCUT2D eigenvalue weighted by Gasteiger charge is -2.12. The van der Waals surface area contributed by atoms with Crippen molar-refractivity contribution in [3.63, 3.8) is 0 Å². The van der Waals surface area contributed by atoms with Gasteiger partial charge in [-0.15, -0.1) is 0 Å². The van der Waals surface area contributed by atoms with Crippen LogP contribution in [0, 0.1) is 0 Å². The molecule has 20 heavy (non-hydrogen) atoms. The van der Waals surface area contributed by atoms with Crippen molar-refractivity contribution in [2.24, 2.45) is 0 Å². The maximum Gasteiger partial charge on any atom is 0.490 e. The van der Waals surface area contributed by atoms with Crippen molar-refractivity contribution in [3.8, 4) is 0 Å². The van der Waals surface area contributed by atoms with Gasteiger partial charge in [0.2, 0.25) is 0 Å². The number of alkyl halides is 3. The summed E-state index contributed by atoms with van der Waals surface area (Å²) in [5, 5.41) is 10.7. The van der Waals surface area contributed by atoms with Crippen LogP contribution in [-0.4, -0.2) is 35.1 Å². The lowest BCUT2D eigenvalue weighted by molar-refractivity contribution is -0.192. The molecule has 0 spiro atoms. The van der Waals surface area contributed by atoms with E-state index < -0.39 is 12.1 Å². The number of ketones is 1. The zero-order valence-electron chi connectivity index (χ0n) is 11.2. The number of nitrogens with one attached hydrogen (secondary N) is 1. The van der Waals surface area contributed by atoms with Gasteiger partial charge >= 0.3 is 12.1 Å². The number of hydrogen-bond acceptors (Lipinski definition) is 3. The Morgan fingerprint density at radius 2 is 1.95 bits per heavy atom. The molecule has 0 aromatic carbocycles. The van der Waals surface area contributed by atoms with E-state index in [9.17, 15) is 18.0 Å². The number of rotatable bonds is 2. The van der Waals surface area contributed by atoms with E-state index in [1.165, 1.54) is 12.8 Å². The van der Waals surface area contributed by atoms with E-state index in [-0.39, 0.29) is 0 Å². The summed E-state index contributed by atoms with van der Waals surface area (Å²) in [6, 6.07) is 1.04. The highest BCUT2D eigenvalue weighted by Gasteiger charge is 2.38. The lowest BCUT2D eigenvalue weighted by Crippen LogP contribution is -2.31. The van der Waals surface area contributed by atoms with E-state index in [4.69, 9.17) is 9.90 Å². The number of carbonyl (C=O) groups is 2. The van der Waals surface area contributed by atoms with Gasteiger partial charge in [0.1, 0.15) is 0 Å². The maximum absolute atomic E-state index is 11.6. The molecule has 2 heterocycles. The van der Waals surface area contributed by atoms with E-state index in [0.717, 1.165) is 18.4 Å². The highest BCUT2D eigenvalue weighted by molar-refractivity contribution is 5.96. The van der Waals surface area contributed by atoms with Gasteiger partial charge in [0.25, 0.3) is 0 Å². The summed E-state index contributed by atoms with van der Waals surface area (Å²) in [6.07, 6.45) is 2.41. The lowest BCUT2D eigenvalue weighted by atomic mass is 9.96. The zero-order chi connectivity index (χ0) is 15.3. The van der Waals surface area contributed by atoms with Gasteiger partial charge in [-0.2, -0.15) is 13.2 Å². The second-order valence-corrected chi connectivity index (χ2v) is 4.81. The molecule has 0 aliphatic carbocycles. The molecule has 2 N–H and O–H groups in total. The third-order valence-corrected chi connectivity index (χ3v) is 3.38. The predicted octanol–water partition coefficient (Wildman–Crippen LogP) is 2.44. The average molecular weight is 293 g/mol. The first-order valence-electron chi connectivity index (χ1n) is 6.55. The largest absolute Gasteiger partial charge is 0.490 e. The summed E-state index contributed by atoms with van der Waals surface area (Å²) >= 11 is 0. The molecule has 114 valence electrons. The summed E-state index contributed by atoms with van der Waals surface area (Å²) in [7, 11) is 0. The molecular formula is C13H18F3NO3. The molecule has 1 fully saturated rings. The summed E-state index contributed by atoms with van der Waals surface area (Å²) in [5.41, 5.74) is 1.06. The van der Waals surface area contributed by atoms with Crippen molar-refractivity contribution < 1.29 is 27.9 Å². The van der Waals surface area contributed by atoms with Crippen LogP contribution in [0.5, 0.6) is 0 Å². The van der Waals surface area contributed by atoms with Crippen molar-refractivity contribution in [3.05, 3.63) is 11.6 Å². The fourth-order valence-electron chi connectivity index (χ4n) is 2.39. The van der Waals surface area contributed by atoms with Gasteiger partial charge in [0.15, 0.2) is 5.78 Å². The topological polar surface area (TPSA) is 66.4 Å². The Labute approximate surface area is 115 Å². The Bertz CT molecular complexity index is 404. The van der Waals surface area contributed by atoms with Crippen LogP contribution in [0.4, 0.5) is 13.2 Å². The van der Waals surface area contributed by atoms with Gasteiger partial charge in [0.05, 0.1) is 0 Å². The number of halogens is 3. The van der Waals surface area contributed by atoms with E-state index in [1.807, 2.05) is 6.92 Å². The monoisotopic (exact) mass is 293 g/mol. The van der Waals surface area contributed by atoms with Crippen molar-refractivity contribution in [2.45, 2.75) is 57.3 Å². The molecule has 2 atom stereocenters. The van der Waals surface area contributed by atoms with Crippen LogP contribution in [-0.2, 0) is 9.59 Å². The molecule has 4 nitrogen and oxygen atoms in total. The number of hydrogen-bond donors (Lipinski definition) is 2. The van der Waals surface area contributed by atoms with E-state index in [0.29, 0.717) is 24.3 Å². The molecular weight excluding hydrogens is 275 g/mol. The van der Waals surface area contributed by atoms with E-state index in [2.05, 4.69) is 11.4 Å². The summed E-state index contributed by atoms with van der Waals surface area (Å²) in [4.78, 5) is 20.5. The van der Waals surface area contributed by atoms with Crippen molar-refractivity contribution >= 4 is 11.8 Å². The fourth-order valence-corrected chi connectivity index (χ4v) is 2.39. The third-order valence-electron chi connectivity index (χ3n) is 3.38. The van der Waals surface area contributed by atoms with Crippen LogP contribution in [0.1, 0.15) is 39.0 Å². The maximum atomic E-state index is 11.6. The number of carbonyl (C=O) groups excluding carboxylic acids is 1. The summed E-state index contributed by atoms with van der Waals surface area (Å²) in [6.45, 7) is 1.94. The first-order chi connectivity index (χ1) is 9.25. The fraction of sp³-hybridized carbons (Fsp3) is 0.692. The van der Waals surface area contributed by atoms with Crippen LogP contribution in [0.15, 0.2) is 11.6 Å². The Hall–Kier alpha value is -1.37. The van der Waals surface area contributed by atoms with E-state index in [1.54, 1.807) is 0 Å². The van der Waals surface area contributed by atoms with Gasteiger partial charge in [-0.1, -0.05) is 13.0 Å².